The molecule has 140 valence electrons. The van der Waals surface area contributed by atoms with Crippen LogP contribution in [0.4, 0.5) is 5.69 Å². The second kappa shape index (κ2) is 5.76. The Morgan fingerprint density at radius 2 is 1.89 bits per heavy atom. The fourth-order valence-electron chi connectivity index (χ4n) is 5.02. The molecule has 0 spiro atoms. The molecule has 1 aliphatic carbocycles. The van der Waals surface area contributed by atoms with Crippen molar-refractivity contribution in [3.63, 3.8) is 0 Å². The molecular weight excluding hydrogens is 362 g/mol. The average Bonchev–Trinajstić information content (AvgIpc) is 2.92. The van der Waals surface area contributed by atoms with Crippen LogP contribution in [0.3, 0.4) is 0 Å². The van der Waals surface area contributed by atoms with Gasteiger partial charge in [-0.2, -0.15) is 15.8 Å². The van der Waals surface area contributed by atoms with Gasteiger partial charge in [0.1, 0.15) is 6.10 Å². The Balaban J connectivity index is 2.04. The molecule has 28 heavy (non-hydrogen) atoms. The van der Waals surface area contributed by atoms with Crippen molar-refractivity contribution in [1.29, 1.82) is 21.2 Å². The Morgan fingerprint density at radius 1 is 1.18 bits per heavy atom. The highest BCUT2D eigenvalue weighted by atomic mass is 16.7. The van der Waals surface area contributed by atoms with Crippen LogP contribution in [-0.2, 0) is 9.47 Å². The number of hydrogen-bond acceptors (Lipinski definition) is 8. The van der Waals surface area contributed by atoms with Gasteiger partial charge in [0, 0.05) is 12.5 Å². The van der Waals surface area contributed by atoms with E-state index in [-0.39, 0.29) is 11.3 Å². The maximum absolute atomic E-state index is 11.6. The highest BCUT2D eigenvalue weighted by Crippen LogP contribution is 2.69. The maximum atomic E-state index is 11.6. The van der Waals surface area contributed by atoms with Crippen molar-refractivity contribution in [3.05, 3.63) is 39.9 Å². The number of rotatable bonds is 2. The van der Waals surface area contributed by atoms with Crippen LogP contribution in [0.1, 0.15) is 37.4 Å². The van der Waals surface area contributed by atoms with Crippen molar-refractivity contribution >= 4 is 11.6 Å². The summed E-state index contributed by atoms with van der Waals surface area (Å²) in [6, 6.07) is 11.6. The van der Waals surface area contributed by atoms with E-state index in [4.69, 9.17) is 14.9 Å². The normalized spacial score (nSPS) is 34.8. The van der Waals surface area contributed by atoms with Crippen LogP contribution >= 0.6 is 0 Å². The fourth-order valence-corrected chi connectivity index (χ4v) is 5.02. The van der Waals surface area contributed by atoms with Crippen molar-refractivity contribution in [2.45, 2.75) is 37.6 Å². The SMILES string of the molecule is N#CC1(C#N)C(c2ccccc2[N+](=O)[O-])OC23CCCCC2C1(C#N)C(=N)O3. The van der Waals surface area contributed by atoms with Crippen LogP contribution in [0.15, 0.2) is 24.3 Å². The zero-order chi connectivity index (χ0) is 20.2. The summed E-state index contributed by atoms with van der Waals surface area (Å²) in [7, 11) is 0. The molecular formula is C19H15N5O4. The van der Waals surface area contributed by atoms with Crippen molar-refractivity contribution < 1.29 is 14.4 Å². The number of nitrogens with one attached hydrogen (secondary N) is 1. The summed E-state index contributed by atoms with van der Waals surface area (Å²) < 4.78 is 11.9. The molecule has 2 saturated heterocycles. The Bertz CT molecular complexity index is 1000. The largest absolute Gasteiger partial charge is 0.447 e. The summed E-state index contributed by atoms with van der Waals surface area (Å²) in [5.41, 5.74) is -4.31. The lowest BCUT2D eigenvalue weighted by Gasteiger charge is -2.51. The van der Waals surface area contributed by atoms with E-state index in [1.165, 1.54) is 18.2 Å². The zero-order valence-electron chi connectivity index (χ0n) is 14.7. The van der Waals surface area contributed by atoms with Crippen LogP contribution in [0.5, 0.6) is 0 Å². The van der Waals surface area contributed by atoms with Crippen LogP contribution in [0.2, 0.25) is 0 Å². The van der Waals surface area contributed by atoms with Gasteiger partial charge in [0.25, 0.3) is 5.69 Å². The molecule has 0 amide bonds. The molecule has 3 fully saturated rings. The van der Waals surface area contributed by atoms with Crippen molar-refractivity contribution in [1.82, 2.24) is 0 Å². The molecule has 2 aliphatic heterocycles. The third kappa shape index (κ3) is 1.83. The van der Waals surface area contributed by atoms with Gasteiger partial charge in [0.05, 0.1) is 34.6 Å². The monoisotopic (exact) mass is 377 g/mol. The number of hydrogen-bond donors (Lipinski definition) is 1. The van der Waals surface area contributed by atoms with Gasteiger partial charge in [-0.3, -0.25) is 15.5 Å². The van der Waals surface area contributed by atoms with Gasteiger partial charge in [0.15, 0.2) is 5.41 Å². The first kappa shape index (κ1) is 17.9. The van der Waals surface area contributed by atoms with Crippen molar-refractivity contribution in [2.24, 2.45) is 16.7 Å². The van der Waals surface area contributed by atoms with E-state index in [0.29, 0.717) is 12.8 Å². The standard InChI is InChI=1S/C19H15N5O4/c20-9-17(10-21)15(12-5-1-2-6-13(12)24(25)26)27-19-8-4-3-7-14(19)18(17,11-22)16(23)28-19/h1-2,5-6,14-15,23H,3-4,7-8H2. The van der Waals surface area contributed by atoms with Crippen molar-refractivity contribution in [3.8, 4) is 18.2 Å². The first-order chi connectivity index (χ1) is 13.4. The summed E-state index contributed by atoms with van der Waals surface area (Å²) >= 11 is 0. The number of benzene rings is 1. The smallest absolute Gasteiger partial charge is 0.275 e. The minimum Gasteiger partial charge on any atom is -0.447 e. The topological polar surface area (TPSA) is 157 Å². The summed E-state index contributed by atoms with van der Waals surface area (Å²) in [6.45, 7) is 0. The van der Waals surface area contributed by atoms with Gasteiger partial charge in [-0.25, -0.2) is 0 Å². The van der Waals surface area contributed by atoms with Gasteiger partial charge in [-0.05, 0) is 18.9 Å². The van der Waals surface area contributed by atoms with E-state index in [9.17, 15) is 25.9 Å². The summed E-state index contributed by atoms with van der Waals surface area (Å²) in [5.74, 6) is -2.47. The molecule has 0 aromatic heterocycles. The Morgan fingerprint density at radius 3 is 2.54 bits per heavy atom. The highest BCUT2D eigenvalue weighted by Gasteiger charge is 2.80. The summed E-state index contributed by atoms with van der Waals surface area (Å²) in [5, 5.41) is 50.3. The van der Waals surface area contributed by atoms with Crippen LogP contribution in [-0.4, -0.2) is 16.6 Å². The predicted molar refractivity (Wildman–Crippen MR) is 92.1 cm³/mol. The first-order valence-corrected chi connectivity index (χ1v) is 8.85. The minimum absolute atomic E-state index is 0.0249. The van der Waals surface area contributed by atoms with E-state index in [1.54, 1.807) is 6.07 Å². The molecule has 1 N–H and O–H groups in total. The van der Waals surface area contributed by atoms with E-state index in [2.05, 4.69) is 0 Å². The second-order valence-corrected chi connectivity index (χ2v) is 7.31. The molecule has 1 saturated carbocycles. The number of nitriles is 3. The molecule has 4 unspecified atom stereocenters. The van der Waals surface area contributed by atoms with E-state index < -0.39 is 39.5 Å². The number of ether oxygens (including phenoxy) is 2. The van der Waals surface area contributed by atoms with E-state index in [1.807, 2.05) is 18.2 Å². The van der Waals surface area contributed by atoms with Gasteiger partial charge < -0.3 is 9.47 Å². The lowest BCUT2D eigenvalue weighted by Crippen LogP contribution is -2.60. The zero-order valence-corrected chi connectivity index (χ0v) is 14.7. The maximum Gasteiger partial charge on any atom is 0.275 e. The molecule has 3 aliphatic rings. The lowest BCUT2D eigenvalue weighted by atomic mass is 9.51. The van der Waals surface area contributed by atoms with Crippen molar-refractivity contribution in [2.75, 3.05) is 0 Å². The molecule has 0 radical (unpaired) electrons. The molecule has 1 aromatic rings. The minimum atomic E-state index is -2.16. The lowest BCUT2D eigenvalue weighted by molar-refractivity contribution is -0.387. The van der Waals surface area contributed by atoms with Crippen LogP contribution in [0, 0.1) is 66.3 Å². The first-order valence-electron chi connectivity index (χ1n) is 8.85. The van der Waals surface area contributed by atoms with Gasteiger partial charge >= 0.3 is 0 Å². The van der Waals surface area contributed by atoms with Crippen LogP contribution in [0.25, 0.3) is 0 Å². The van der Waals surface area contributed by atoms with E-state index >= 15 is 0 Å². The highest BCUT2D eigenvalue weighted by molar-refractivity contribution is 5.89. The fraction of sp³-hybridized carbons (Fsp3) is 0.474. The Hall–Kier alpha value is -3.48. The molecule has 4 atom stereocenters. The average molecular weight is 377 g/mol. The second-order valence-electron chi connectivity index (χ2n) is 7.31. The van der Waals surface area contributed by atoms with Gasteiger partial charge in [0.2, 0.25) is 17.1 Å². The quantitative estimate of drug-likeness (QED) is 0.612. The summed E-state index contributed by atoms with van der Waals surface area (Å²) in [4.78, 5) is 11.0. The van der Waals surface area contributed by atoms with Crippen LogP contribution < -0.4 is 0 Å². The van der Waals surface area contributed by atoms with E-state index in [0.717, 1.165) is 12.8 Å². The van der Waals surface area contributed by atoms with Gasteiger partial charge in [-0.15, -0.1) is 0 Å². The molecule has 2 bridgehead atoms. The number of nitro groups is 1. The predicted octanol–water partition coefficient (Wildman–Crippen LogP) is 3.10. The molecule has 9 heteroatoms. The molecule has 2 heterocycles. The number of nitrogens with zero attached hydrogens (tertiary/aromatic N) is 4. The third-order valence-electron chi connectivity index (χ3n) is 6.23. The Labute approximate surface area is 160 Å². The number of nitro benzene ring substituents is 1. The molecule has 9 nitrogen and oxygen atoms in total. The van der Waals surface area contributed by atoms with Gasteiger partial charge in [-0.1, -0.05) is 18.6 Å². The summed E-state index contributed by atoms with van der Waals surface area (Å²) in [6.07, 6.45) is 0.916. The third-order valence-corrected chi connectivity index (χ3v) is 6.23. The number of para-hydroxylation sites is 1. The molecule has 4 rings (SSSR count). The Kier molecular flexibility index (Phi) is 3.68. The molecule has 1 aromatic carbocycles.